The quantitative estimate of drug-likeness (QED) is 0.654. The maximum absolute atomic E-state index is 14.5. The van der Waals surface area contributed by atoms with Gasteiger partial charge in [-0.3, -0.25) is 0 Å². The van der Waals surface area contributed by atoms with Crippen LogP contribution >= 0.6 is 11.6 Å². The molecule has 0 spiro atoms. The molecule has 0 unspecified atom stereocenters. The van der Waals surface area contributed by atoms with E-state index in [9.17, 15) is 4.39 Å². The Morgan fingerprint density at radius 1 is 1.18 bits per heavy atom. The molecule has 3 rings (SSSR count). The third-order valence-corrected chi connectivity index (χ3v) is 4.12. The Bertz CT molecular complexity index is 870. The van der Waals surface area contributed by atoms with Crippen LogP contribution in [0.1, 0.15) is 31.3 Å². The summed E-state index contributed by atoms with van der Waals surface area (Å²) in [7, 11) is 0. The predicted octanol–water partition coefficient (Wildman–Crippen LogP) is 4.48. The molecule has 0 aliphatic heterocycles. The summed E-state index contributed by atoms with van der Waals surface area (Å²) in [5.74, 6) is 0.433. The summed E-state index contributed by atoms with van der Waals surface area (Å²) in [6, 6.07) is 3.55. The van der Waals surface area contributed by atoms with Gasteiger partial charge in [-0.1, -0.05) is 11.6 Å². The largest absolute Gasteiger partial charge is 0.326 e. The molecule has 0 saturated heterocycles. The normalized spacial score (nSPS) is 11.6. The van der Waals surface area contributed by atoms with Gasteiger partial charge in [0, 0.05) is 17.2 Å². The average molecular weight is 319 g/mol. The van der Waals surface area contributed by atoms with Gasteiger partial charge in [-0.2, -0.15) is 0 Å². The monoisotopic (exact) mass is 318 g/mol. The van der Waals surface area contributed by atoms with E-state index >= 15 is 0 Å². The van der Waals surface area contributed by atoms with Crippen LogP contribution in [0.15, 0.2) is 18.5 Å². The number of nitrogens with zero attached hydrogens (tertiary/aromatic N) is 4. The third kappa shape index (κ3) is 2.25. The molecule has 0 bridgehead atoms. The standard InChI is InChI=1S/C16H16ClFN4/c1-8(2)22-10(4)21-15-12(18)5-11(6-13(15)22)14-9(3)16(17)20-7-19-14/h5-8H,1-4H3. The highest BCUT2D eigenvalue weighted by atomic mass is 35.5. The van der Waals surface area contributed by atoms with Gasteiger partial charge in [0.25, 0.3) is 0 Å². The minimum absolute atomic E-state index is 0.190. The molecule has 0 atom stereocenters. The van der Waals surface area contributed by atoms with Gasteiger partial charge >= 0.3 is 0 Å². The fourth-order valence-electron chi connectivity index (χ4n) is 2.78. The van der Waals surface area contributed by atoms with Crippen molar-refractivity contribution in [3.05, 3.63) is 40.8 Å². The van der Waals surface area contributed by atoms with Crippen LogP contribution in [0, 0.1) is 19.7 Å². The van der Waals surface area contributed by atoms with Gasteiger partial charge in [0.05, 0.1) is 11.2 Å². The SMILES string of the molecule is Cc1c(Cl)ncnc1-c1cc(F)c2nc(C)n(C(C)C)c2c1. The Morgan fingerprint density at radius 2 is 1.91 bits per heavy atom. The number of benzene rings is 1. The van der Waals surface area contributed by atoms with E-state index in [4.69, 9.17) is 11.6 Å². The number of aromatic nitrogens is 4. The maximum atomic E-state index is 14.5. The topological polar surface area (TPSA) is 43.6 Å². The highest BCUT2D eigenvalue weighted by Crippen LogP contribution is 2.31. The molecule has 6 heteroatoms. The van der Waals surface area contributed by atoms with Crippen LogP contribution in [0.2, 0.25) is 5.15 Å². The van der Waals surface area contributed by atoms with Crippen LogP contribution < -0.4 is 0 Å². The molecule has 3 aromatic rings. The molecule has 0 saturated carbocycles. The molecular weight excluding hydrogens is 303 g/mol. The predicted molar refractivity (Wildman–Crippen MR) is 85.6 cm³/mol. The van der Waals surface area contributed by atoms with Crippen LogP contribution in [0.5, 0.6) is 0 Å². The summed E-state index contributed by atoms with van der Waals surface area (Å²) < 4.78 is 16.5. The van der Waals surface area contributed by atoms with Gasteiger partial charge in [0.2, 0.25) is 0 Å². The summed E-state index contributed by atoms with van der Waals surface area (Å²) in [5.41, 5.74) is 3.18. The number of aryl methyl sites for hydroxylation is 1. The fraction of sp³-hybridized carbons (Fsp3) is 0.312. The number of rotatable bonds is 2. The van der Waals surface area contributed by atoms with Crippen molar-refractivity contribution in [2.24, 2.45) is 0 Å². The van der Waals surface area contributed by atoms with Crippen LogP contribution in [-0.4, -0.2) is 19.5 Å². The zero-order chi connectivity index (χ0) is 16.0. The van der Waals surface area contributed by atoms with E-state index in [0.717, 1.165) is 16.9 Å². The lowest BCUT2D eigenvalue weighted by Gasteiger charge is -2.12. The fourth-order valence-corrected chi connectivity index (χ4v) is 2.91. The smallest absolute Gasteiger partial charge is 0.151 e. The Kier molecular flexibility index (Phi) is 3.60. The van der Waals surface area contributed by atoms with E-state index in [1.807, 2.05) is 38.3 Å². The van der Waals surface area contributed by atoms with Crippen molar-refractivity contribution in [1.29, 1.82) is 0 Å². The van der Waals surface area contributed by atoms with E-state index < -0.39 is 0 Å². The lowest BCUT2D eigenvalue weighted by Crippen LogP contribution is -2.03. The van der Waals surface area contributed by atoms with E-state index in [-0.39, 0.29) is 11.9 Å². The second-order valence-corrected chi connectivity index (χ2v) is 5.94. The number of hydrogen-bond acceptors (Lipinski definition) is 3. The minimum Gasteiger partial charge on any atom is -0.326 e. The second-order valence-electron chi connectivity index (χ2n) is 5.59. The van der Waals surface area contributed by atoms with Gasteiger partial charge in [0.1, 0.15) is 22.8 Å². The first-order valence-electron chi connectivity index (χ1n) is 7.05. The lowest BCUT2D eigenvalue weighted by molar-refractivity contribution is 0.600. The van der Waals surface area contributed by atoms with Crippen LogP contribution in [0.3, 0.4) is 0 Å². The van der Waals surface area contributed by atoms with Crippen molar-refractivity contribution < 1.29 is 4.39 Å². The Balaban J connectivity index is 2.33. The first kappa shape index (κ1) is 14.9. The first-order valence-corrected chi connectivity index (χ1v) is 7.43. The van der Waals surface area contributed by atoms with Gasteiger partial charge < -0.3 is 4.57 Å². The Morgan fingerprint density at radius 3 is 2.59 bits per heavy atom. The van der Waals surface area contributed by atoms with Gasteiger partial charge in [-0.25, -0.2) is 19.3 Å². The molecule has 0 N–H and O–H groups in total. The molecule has 0 radical (unpaired) electrons. The molecule has 0 aliphatic rings. The number of fused-ring (bicyclic) bond motifs is 1. The van der Waals surface area contributed by atoms with E-state index in [0.29, 0.717) is 21.9 Å². The van der Waals surface area contributed by atoms with E-state index in [1.165, 1.54) is 12.4 Å². The minimum atomic E-state index is -0.357. The molecule has 1 aromatic carbocycles. The van der Waals surface area contributed by atoms with Crippen LogP contribution in [0.4, 0.5) is 4.39 Å². The zero-order valence-corrected chi connectivity index (χ0v) is 13.6. The average Bonchev–Trinajstić information content (AvgIpc) is 2.78. The second kappa shape index (κ2) is 5.32. The maximum Gasteiger partial charge on any atom is 0.151 e. The van der Waals surface area contributed by atoms with Gasteiger partial charge in [-0.05, 0) is 39.8 Å². The van der Waals surface area contributed by atoms with Crippen molar-refractivity contribution >= 4 is 22.6 Å². The Hall–Kier alpha value is -2.01. The molecule has 0 aliphatic carbocycles. The zero-order valence-electron chi connectivity index (χ0n) is 12.9. The van der Waals surface area contributed by atoms with Gasteiger partial charge in [-0.15, -0.1) is 0 Å². The summed E-state index contributed by atoms with van der Waals surface area (Å²) in [6.45, 7) is 7.80. The first-order chi connectivity index (χ1) is 10.4. The molecule has 0 amide bonds. The highest BCUT2D eigenvalue weighted by molar-refractivity contribution is 6.30. The summed E-state index contributed by atoms with van der Waals surface area (Å²) in [5, 5.41) is 0.374. The molecule has 22 heavy (non-hydrogen) atoms. The van der Waals surface area contributed by atoms with E-state index in [1.54, 1.807) is 0 Å². The molecule has 0 fully saturated rings. The summed E-state index contributed by atoms with van der Waals surface area (Å²) in [4.78, 5) is 12.5. The summed E-state index contributed by atoms with van der Waals surface area (Å²) >= 11 is 6.05. The lowest BCUT2D eigenvalue weighted by atomic mass is 10.1. The molecule has 4 nitrogen and oxygen atoms in total. The molecule has 2 heterocycles. The number of hydrogen-bond donors (Lipinski definition) is 0. The molecule has 2 aromatic heterocycles. The van der Waals surface area contributed by atoms with Crippen LogP contribution in [-0.2, 0) is 0 Å². The van der Waals surface area contributed by atoms with Crippen molar-refractivity contribution in [1.82, 2.24) is 19.5 Å². The van der Waals surface area contributed by atoms with Crippen LogP contribution in [0.25, 0.3) is 22.3 Å². The van der Waals surface area contributed by atoms with E-state index in [2.05, 4.69) is 15.0 Å². The third-order valence-electron chi connectivity index (χ3n) is 3.74. The van der Waals surface area contributed by atoms with Crippen molar-refractivity contribution in [3.63, 3.8) is 0 Å². The molecule has 114 valence electrons. The molecular formula is C16H16ClFN4. The van der Waals surface area contributed by atoms with Gasteiger partial charge in [0.15, 0.2) is 5.82 Å². The number of halogens is 2. The Labute approximate surface area is 133 Å². The summed E-state index contributed by atoms with van der Waals surface area (Å²) in [6.07, 6.45) is 1.39. The number of imidazole rings is 1. The van der Waals surface area contributed by atoms with Crippen molar-refractivity contribution in [2.75, 3.05) is 0 Å². The van der Waals surface area contributed by atoms with Crippen molar-refractivity contribution in [2.45, 2.75) is 33.7 Å². The highest BCUT2D eigenvalue weighted by Gasteiger charge is 2.17. The van der Waals surface area contributed by atoms with Crippen molar-refractivity contribution in [3.8, 4) is 11.3 Å².